The summed E-state index contributed by atoms with van der Waals surface area (Å²) in [6.45, 7) is 10.6. The van der Waals surface area contributed by atoms with Gasteiger partial charge in [0.15, 0.2) is 0 Å². The molecule has 0 saturated heterocycles. The first-order valence-corrected chi connectivity index (χ1v) is 9.27. The summed E-state index contributed by atoms with van der Waals surface area (Å²) in [5, 5.41) is 11.7. The van der Waals surface area contributed by atoms with E-state index in [1.807, 2.05) is 32.9 Å². The maximum Gasteiger partial charge on any atom is 0.408 e. The number of hydrogen-bond donors (Lipinski definition) is 2. The molecule has 0 aliphatic heterocycles. The number of aryl methyl sites for hydroxylation is 1. The lowest BCUT2D eigenvalue weighted by atomic mass is 10.0. The number of aliphatic carboxylic acids is 1. The van der Waals surface area contributed by atoms with Crippen LogP contribution in [0, 0.1) is 0 Å². The lowest BCUT2D eigenvalue weighted by Gasteiger charge is -2.22. The molecule has 0 radical (unpaired) electrons. The van der Waals surface area contributed by atoms with E-state index in [0.717, 1.165) is 11.1 Å². The molecule has 0 fully saturated rings. The molecule has 0 heterocycles. The normalized spacial score (nSPS) is 12.8. The van der Waals surface area contributed by atoms with Gasteiger partial charge in [-0.1, -0.05) is 24.3 Å². The summed E-state index contributed by atoms with van der Waals surface area (Å²) in [6, 6.07) is 6.16. The van der Waals surface area contributed by atoms with Crippen molar-refractivity contribution in [3.05, 3.63) is 35.4 Å². The van der Waals surface area contributed by atoms with Crippen molar-refractivity contribution in [2.75, 3.05) is 0 Å². The second kappa shape index (κ2) is 9.57. The molecule has 0 aliphatic rings. The molecule has 1 amide bonds. The number of benzene rings is 1. The molecule has 7 heteroatoms. The Kier molecular flexibility index (Phi) is 8.02. The van der Waals surface area contributed by atoms with E-state index in [1.54, 1.807) is 32.9 Å². The summed E-state index contributed by atoms with van der Waals surface area (Å²) in [5.74, 6) is -1.40. The number of carbonyl (C=O) groups is 3. The highest BCUT2D eigenvalue weighted by Gasteiger charge is 2.24. The van der Waals surface area contributed by atoms with Gasteiger partial charge in [0.1, 0.15) is 17.2 Å². The minimum absolute atomic E-state index is 0.126. The summed E-state index contributed by atoms with van der Waals surface area (Å²) < 4.78 is 10.4. The molecule has 0 aliphatic carbocycles. The molecular formula is C21H31NO6. The first-order valence-electron chi connectivity index (χ1n) is 9.27. The zero-order valence-corrected chi connectivity index (χ0v) is 17.5. The predicted octanol–water partition coefficient (Wildman–Crippen LogP) is 3.48. The molecule has 7 nitrogen and oxygen atoms in total. The molecule has 0 aromatic heterocycles. The average Bonchev–Trinajstić information content (AvgIpc) is 2.50. The topological polar surface area (TPSA) is 102 Å². The summed E-state index contributed by atoms with van der Waals surface area (Å²) in [7, 11) is 0. The van der Waals surface area contributed by atoms with Gasteiger partial charge in [-0.05, 0) is 59.1 Å². The molecule has 1 aromatic rings. The standard InChI is InChI=1S/C21H31NO6/c1-20(2,3)27-17(23)12-11-14-7-9-15(10-8-14)13-16(18(24)25)22-19(26)28-21(4,5)6/h7-10,16H,11-13H2,1-6H3,(H,22,26)(H,24,25). The number of amides is 1. The molecule has 1 aromatic carbocycles. The Morgan fingerprint density at radius 3 is 1.89 bits per heavy atom. The van der Waals surface area contributed by atoms with Gasteiger partial charge < -0.3 is 19.9 Å². The van der Waals surface area contributed by atoms with Crippen LogP contribution >= 0.6 is 0 Å². The molecular weight excluding hydrogens is 362 g/mol. The fourth-order valence-electron chi connectivity index (χ4n) is 2.37. The van der Waals surface area contributed by atoms with E-state index in [4.69, 9.17) is 9.47 Å². The second-order valence-corrected chi connectivity index (χ2v) is 8.64. The number of carboxylic acid groups (broad SMARTS) is 1. The van der Waals surface area contributed by atoms with Crippen molar-refractivity contribution in [1.82, 2.24) is 5.32 Å². The fourth-order valence-corrected chi connectivity index (χ4v) is 2.37. The van der Waals surface area contributed by atoms with Crippen LogP contribution in [0.15, 0.2) is 24.3 Å². The second-order valence-electron chi connectivity index (χ2n) is 8.64. The Bertz CT molecular complexity index is 682. The van der Waals surface area contributed by atoms with Crippen LogP contribution in [0.4, 0.5) is 4.79 Å². The Balaban J connectivity index is 2.62. The predicted molar refractivity (Wildman–Crippen MR) is 105 cm³/mol. The van der Waals surface area contributed by atoms with Gasteiger partial charge >= 0.3 is 18.0 Å². The number of alkyl carbamates (subject to hydrolysis) is 1. The van der Waals surface area contributed by atoms with Gasteiger partial charge in [-0.15, -0.1) is 0 Å². The SMILES string of the molecule is CC(C)(C)OC(=O)CCc1ccc(CC(NC(=O)OC(C)(C)C)C(=O)O)cc1. The lowest BCUT2D eigenvalue weighted by Crippen LogP contribution is -2.44. The molecule has 0 spiro atoms. The molecule has 156 valence electrons. The van der Waals surface area contributed by atoms with Crippen LogP contribution in [-0.4, -0.2) is 40.4 Å². The van der Waals surface area contributed by atoms with Gasteiger partial charge in [-0.2, -0.15) is 0 Å². The van der Waals surface area contributed by atoms with Crippen LogP contribution in [0.5, 0.6) is 0 Å². The number of nitrogens with one attached hydrogen (secondary N) is 1. The number of esters is 1. The van der Waals surface area contributed by atoms with Gasteiger partial charge in [0.2, 0.25) is 0 Å². The van der Waals surface area contributed by atoms with E-state index >= 15 is 0 Å². The highest BCUT2D eigenvalue weighted by Crippen LogP contribution is 2.13. The van der Waals surface area contributed by atoms with Gasteiger partial charge in [-0.3, -0.25) is 4.79 Å². The Hall–Kier alpha value is -2.57. The van der Waals surface area contributed by atoms with E-state index in [0.29, 0.717) is 6.42 Å². The van der Waals surface area contributed by atoms with Crippen LogP contribution in [0.3, 0.4) is 0 Å². The number of carbonyl (C=O) groups excluding carboxylic acids is 2. The summed E-state index contributed by atoms with van der Waals surface area (Å²) in [5.41, 5.74) is 0.489. The van der Waals surface area contributed by atoms with Crippen LogP contribution in [-0.2, 0) is 31.9 Å². The Morgan fingerprint density at radius 1 is 0.929 bits per heavy atom. The van der Waals surface area contributed by atoms with Crippen molar-refractivity contribution >= 4 is 18.0 Å². The molecule has 2 N–H and O–H groups in total. The Labute approximate surface area is 166 Å². The van der Waals surface area contributed by atoms with E-state index in [9.17, 15) is 19.5 Å². The molecule has 28 heavy (non-hydrogen) atoms. The minimum Gasteiger partial charge on any atom is -0.480 e. The van der Waals surface area contributed by atoms with Gasteiger partial charge in [-0.25, -0.2) is 9.59 Å². The van der Waals surface area contributed by atoms with E-state index in [2.05, 4.69) is 5.32 Å². The van der Waals surface area contributed by atoms with E-state index < -0.39 is 29.3 Å². The zero-order chi connectivity index (χ0) is 21.5. The summed E-state index contributed by atoms with van der Waals surface area (Å²) in [4.78, 5) is 35.0. The first-order chi connectivity index (χ1) is 12.7. The lowest BCUT2D eigenvalue weighted by molar-refractivity contribution is -0.154. The minimum atomic E-state index is -1.14. The molecule has 0 saturated carbocycles. The van der Waals surface area contributed by atoms with Crippen molar-refractivity contribution in [3.8, 4) is 0 Å². The smallest absolute Gasteiger partial charge is 0.408 e. The van der Waals surface area contributed by atoms with Crippen LogP contribution in [0.2, 0.25) is 0 Å². The number of carboxylic acids is 1. The van der Waals surface area contributed by atoms with Gasteiger partial charge in [0.05, 0.1) is 0 Å². The molecule has 1 rings (SSSR count). The highest BCUT2D eigenvalue weighted by molar-refractivity contribution is 5.80. The Morgan fingerprint density at radius 2 is 1.43 bits per heavy atom. The first kappa shape index (κ1) is 23.5. The highest BCUT2D eigenvalue weighted by atomic mass is 16.6. The van der Waals surface area contributed by atoms with Crippen LogP contribution < -0.4 is 5.32 Å². The third-order valence-corrected chi connectivity index (χ3v) is 3.49. The quantitative estimate of drug-likeness (QED) is 0.688. The monoisotopic (exact) mass is 393 g/mol. The van der Waals surface area contributed by atoms with Crippen molar-refractivity contribution in [2.24, 2.45) is 0 Å². The number of ether oxygens (including phenoxy) is 2. The van der Waals surface area contributed by atoms with E-state index in [-0.39, 0.29) is 18.8 Å². The number of hydrogen-bond acceptors (Lipinski definition) is 5. The van der Waals surface area contributed by atoms with E-state index in [1.165, 1.54) is 0 Å². The number of rotatable bonds is 7. The van der Waals surface area contributed by atoms with Crippen LogP contribution in [0.1, 0.15) is 59.1 Å². The van der Waals surface area contributed by atoms with Gasteiger partial charge in [0.25, 0.3) is 0 Å². The van der Waals surface area contributed by atoms with Crippen molar-refractivity contribution in [2.45, 2.75) is 78.0 Å². The third-order valence-electron chi connectivity index (χ3n) is 3.49. The fraction of sp³-hybridized carbons (Fsp3) is 0.571. The largest absolute Gasteiger partial charge is 0.480 e. The van der Waals surface area contributed by atoms with Crippen LogP contribution in [0.25, 0.3) is 0 Å². The maximum absolute atomic E-state index is 11.8. The summed E-state index contributed by atoms with van der Waals surface area (Å²) in [6.07, 6.45) is 0.164. The molecule has 1 atom stereocenters. The maximum atomic E-state index is 11.8. The third kappa shape index (κ3) is 9.94. The van der Waals surface area contributed by atoms with Gasteiger partial charge in [0, 0.05) is 12.8 Å². The molecule has 0 bridgehead atoms. The molecule has 1 unspecified atom stereocenters. The van der Waals surface area contributed by atoms with Crippen molar-refractivity contribution in [1.29, 1.82) is 0 Å². The zero-order valence-electron chi connectivity index (χ0n) is 17.5. The van der Waals surface area contributed by atoms with Crippen molar-refractivity contribution in [3.63, 3.8) is 0 Å². The summed E-state index contributed by atoms with van der Waals surface area (Å²) >= 11 is 0. The van der Waals surface area contributed by atoms with Crippen molar-refractivity contribution < 1.29 is 29.0 Å². The average molecular weight is 393 g/mol.